The van der Waals surface area contributed by atoms with Gasteiger partial charge in [-0.1, -0.05) is 18.2 Å². The van der Waals surface area contributed by atoms with Gasteiger partial charge in [-0.05, 0) is 24.6 Å². The van der Waals surface area contributed by atoms with Gasteiger partial charge in [-0.25, -0.2) is 0 Å². The molecule has 0 bridgehead atoms. The maximum atomic E-state index is 4.21. The molecule has 0 radical (unpaired) electrons. The molecule has 0 fully saturated rings. The van der Waals surface area contributed by atoms with Gasteiger partial charge in [0.1, 0.15) is 0 Å². The van der Waals surface area contributed by atoms with E-state index in [1.165, 1.54) is 22.4 Å². The predicted octanol–water partition coefficient (Wildman–Crippen LogP) is 2.44. The maximum absolute atomic E-state index is 4.21. The molecule has 0 saturated heterocycles. The van der Waals surface area contributed by atoms with E-state index in [9.17, 15) is 0 Å². The van der Waals surface area contributed by atoms with Gasteiger partial charge in [0.25, 0.3) is 0 Å². The number of anilines is 1. The molecule has 0 spiro atoms. The van der Waals surface area contributed by atoms with Gasteiger partial charge in [0, 0.05) is 44.1 Å². The average Bonchev–Trinajstić information content (AvgIpc) is 2.98. The van der Waals surface area contributed by atoms with Crippen molar-refractivity contribution >= 4 is 18.1 Å². The molecule has 108 valence electrons. The van der Waals surface area contributed by atoms with Gasteiger partial charge in [0.2, 0.25) is 0 Å². The van der Waals surface area contributed by atoms with E-state index in [2.05, 4.69) is 46.8 Å². The van der Waals surface area contributed by atoms with Crippen molar-refractivity contribution in [1.82, 2.24) is 14.7 Å². The van der Waals surface area contributed by atoms with Gasteiger partial charge in [0.05, 0.1) is 6.20 Å². The van der Waals surface area contributed by atoms with Crippen molar-refractivity contribution in [1.29, 1.82) is 0 Å². The highest BCUT2D eigenvalue weighted by Gasteiger charge is 2.14. The fourth-order valence-corrected chi connectivity index (χ4v) is 2.75. The molecule has 0 unspecified atom stereocenters. The second-order valence-corrected chi connectivity index (χ2v) is 5.32. The van der Waals surface area contributed by atoms with Crippen LogP contribution in [0.1, 0.15) is 16.7 Å². The number of fused-ring (bicyclic) bond motifs is 1. The lowest BCUT2D eigenvalue weighted by atomic mass is 10.1. The number of para-hydroxylation sites is 1. The van der Waals surface area contributed by atoms with E-state index >= 15 is 0 Å². The smallest absolute Gasteiger partial charge is 0.0534 e. The zero-order chi connectivity index (χ0) is 13.2. The van der Waals surface area contributed by atoms with Crippen LogP contribution in [0.3, 0.4) is 0 Å². The lowest BCUT2D eigenvalue weighted by Gasteiger charge is -2.18. The topological polar surface area (TPSA) is 33.1 Å². The Labute approximate surface area is 126 Å². The summed E-state index contributed by atoms with van der Waals surface area (Å²) in [6, 6.07) is 6.61. The summed E-state index contributed by atoms with van der Waals surface area (Å²) < 4.78 is 1.85. The molecule has 1 aliphatic heterocycles. The van der Waals surface area contributed by atoms with Crippen molar-refractivity contribution in [2.75, 3.05) is 18.9 Å². The number of hydrogen-bond acceptors (Lipinski definition) is 3. The van der Waals surface area contributed by atoms with Gasteiger partial charge in [-0.2, -0.15) is 5.10 Å². The summed E-state index contributed by atoms with van der Waals surface area (Å²) >= 11 is 0. The number of rotatable bonds is 4. The van der Waals surface area contributed by atoms with Crippen molar-refractivity contribution in [2.45, 2.75) is 19.5 Å². The lowest BCUT2D eigenvalue weighted by molar-refractivity contribution is 0.319. The summed E-state index contributed by atoms with van der Waals surface area (Å²) in [5.74, 6) is 0. The molecule has 0 amide bonds. The summed E-state index contributed by atoms with van der Waals surface area (Å²) in [4.78, 5) is 2.33. The van der Waals surface area contributed by atoms with Crippen LogP contribution in [0.5, 0.6) is 0 Å². The van der Waals surface area contributed by atoms with Crippen LogP contribution < -0.4 is 5.32 Å². The summed E-state index contributed by atoms with van der Waals surface area (Å²) in [6.07, 6.45) is 5.16. The minimum atomic E-state index is 0. The number of halogens is 1. The molecule has 1 aromatic heterocycles. The number of aromatic nitrogens is 2. The third-order valence-electron chi connectivity index (χ3n) is 3.58. The fourth-order valence-electron chi connectivity index (χ4n) is 2.75. The van der Waals surface area contributed by atoms with Crippen LogP contribution in [0.4, 0.5) is 5.69 Å². The molecule has 4 nitrogen and oxygen atoms in total. The van der Waals surface area contributed by atoms with E-state index < -0.39 is 0 Å². The second kappa shape index (κ2) is 6.29. The molecule has 3 rings (SSSR count). The minimum absolute atomic E-state index is 0. The standard InChI is InChI=1S/C15H20N4.ClH/c1-18(9-12-8-17-19(2)10-12)11-14-5-3-4-13-6-7-16-15(13)14;/h3-5,8,10,16H,6-7,9,11H2,1-2H3;1H. The fraction of sp³-hybridized carbons (Fsp3) is 0.400. The van der Waals surface area contributed by atoms with Gasteiger partial charge in [-0.15, -0.1) is 12.4 Å². The SMILES string of the molecule is CN(Cc1cnn(C)c1)Cc1cccc2c1NCC2.Cl. The Balaban J connectivity index is 0.00000147. The Kier molecular flexibility index (Phi) is 4.68. The van der Waals surface area contributed by atoms with Crippen LogP contribution in [0.2, 0.25) is 0 Å². The van der Waals surface area contributed by atoms with E-state index in [0.717, 1.165) is 26.1 Å². The zero-order valence-electron chi connectivity index (χ0n) is 12.0. The molecule has 2 aromatic rings. The summed E-state index contributed by atoms with van der Waals surface area (Å²) in [5.41, 5.74) is 5.44. The van der Waals surface area contributed by atoms with E-state index in [1.807, 2.05) is 17.9 Å². The molecule has 0 atom stereocenters. The first-order valence-corrected chi connectivity index (χ1v) is 6.73. The Morgan fingerprint density at radius 2 is 2.20 bits per heavy atom. The van der Waals surface area contributed by atoms with Crippen LogP contribution >= 0.6 is 12.4 Å². The van der Waals surface area contributed by atoms with Crippen LogP contribution in [0, 0.1) is 0 Å². The third kappa shape index (κ3) is 3.14. The quantitative estimate of drug-likeness (QED) is 0.940. The van der Waals surface area contributed by atoms with E-state index in [-0.39, 0.29) is 12.4 Å². The van der Waals surface area contributed by atoms with E-state index in [0.29, 0.717) is 0 Å². The summed E-state index contributed by atoms with van der Waals surface area (Å²) in [6.45, 7) is 2.96. The monoisotopic (exact) mass is 292 g/mol. The number of nitrogens with one attached hydrogen (secondary N) is 1. The molecule has 0 saturated carbocycles. The molecule has 1 aromatic carbocycles. The molecule has 20 heavy (non-hydrogen) atoms. The Morgan fingerprint density at radius 3 is 2.95 bits per heavy atom. The Bertz CT molecular complexity index is 579. The molecule has 1 N–H and O–H groups in total. The normalized spacial score (nSPS) is 12.9. The zero-order valence-corrected chi connectivity index (χ0v) is 12.8. The van der Waals surface area contributed by atoms with Crippen molar-refractivity contribution in [3.8, 4) is 0 Å². The van der Waals surface area contributed by atoms with Crippen LogP contribution in [-0.4, -0.2) is 28.3 Å². The molecule has 5 heteroatoms. The van der Waals surface area contributed by atoms with Crippen molar-refractivity contribution in [3.05, 3.63) is 47.3 Å². The second-order valence-electron chi connectivity index (χ2n) is 5.32. The molecule has 1 aliphatic rings. The molecule has 2 heterocycles. The first-order valence-electron chi connectivity index (χ1n) is 6.73. The third-order valence-corrected chi connectivity index (χ3v) is 3.58. The van der Waals surface area contributed by atoms with Gasteiger partial charge >= 0.3 is 0 Å². The number of aryl methyl sites for hydroxylation is 1. The van der Waals surface area contributed by atoms with Gasteiger partial charge < -0.3 is 5.32 Å². The van der Waals surface area contributed by atoms with Gasteiger partial charge in [0.15, 0.2) is 0 Å². The average molecular weight is 293 g/mol. The number of hydrogen-bond donors (Lipinski definition) is 1. The highest BCUT2D eigenvalue weighted by Crippen LogP contribution is 2.27. The highest BCUT2D eigenvalue weighted by atomic mass is 35.5. The molecular weight excluding hydrogens is 272 g/mol. The van der Waals surface area contributed by atoms with Crippen LogP contribution in [0.25, 0.3) is 0 Å². The maximum Gasteiger partial charge on any atom is 0.0534 e. The largest absolute Gasteiger partial charge is 0.384 e. The van der Waals surface area contributed by atoms with E-state index in [4.69, 9.17) is 0 Å². The van der Waals surface area contributed by atoms with Crippen LogP contribution in [-0.2, 0) is 26.6 Å². The molecular formula is C15H21ClN4. The number of benzene rings is 1. The first kappa shape index (κ1) is 14.9. The van der Waals surface area contributed by atoms with Gasteiger partial charge in [-0.3, -0.25) is 9.58 Å². The summed E-state index contributed by atoms with van der Waals surface area (Å²) in [7, 11) is 4.11. The Hall–Kier alpha value is -1.52. The summed E-state index contributed by atoms with van der Waals surface area (Å²) in [5, 5.41) is 7.71. The van der Waals surface area contributed by atoms with Crippen molar-refractivity contribution in [3.63, 3.8) is 0 Å². The number of nitrogens with zero attached hydrogens (tertiary/aromatic N) is 3. The minimum Gasteiger partial charge on any atom is -0.384 e. The highest BCUT2D eigenvalue weighted by molar-refractivity contribution is 5.85. The molecule has 0 aliphatic carbocycles. The van der Waals surface area contributed by atoms with Crippen molar-refractivity contribution < 1.29 is 0 Å². The van der Waals surface area contributed by atoms with Crippen LogP contribution in [0.15, 0.2) is 30.6 Å². The Morgan fingerprint density at radius 1 is 1.35 bits per heavy atom. The lowest BCUT2D eigenvalue weighted by Crippen LogP contribution is -2.17. The predicted molar refractivity (Wildman–Crippen MR) is 84.3 cm³/mol. The van der Waals surface area contributed by atoms with Crippen molar-refractivity contribution in [2.24, 2.45) is 7.05 Å². The first-order chi connectivity index (χ1) is 9.22. The van der Waals surface area contributed by atoms with E-state index in [1.54, 1.807) is 0 Å².